The van der Waals surface area contributed by atoms with Crippen LogP contribution in [0.25, 0.3) is 0 Å². The molecule has 9 nitrogen and oxygen atoms in total. The number of rotatable bonds is 56. The van der Waals surface area contributed by atoms with Gasteiger partial charge in [-0.1, -0.05) is 299 Å². The van der Waals surface area contributed by atoms with Crippen molar-refractivity contribution in [2.45, 2.75) is 346 Å². The van der Waals surface area contributed by atoms with E-state index in [9.17, 15) is 30.3 Å². The summed E-state index contributed by atoms with van der Waals surface area (Å²) in [6.45, 7) is 3.76. The van der Waals surface area contributed by atoms with Gasteiger partial charge in [0.05, 0.1) is 25.4 Å². The van der Waals surface area contributed by atoms with Crippen LogP contribution >= 0.6 is 0 Å². The van der Waals surface area contributed by atoms with Crippen molar-refractivity contribution in [1.82, 2.24) is 5.32 Å². The Labute approximate surface area is 468 Å². The molecule has 1 aliphatic heterocycles. The number of ether oxygens (including phenoxy) is 2. The van der Waals surface area contributed by atoms with Crippen molar-refractivity contribution in [1.29, 1.82) is 0 Å². The summed E-state index contributed by atoms with van der Waals surface area (Å²) in [7, 11) is 0. The molecule has 1 heterocycles. The number of unbranched alkanes of at least 4 members (excludes halogenated alkanes) is 36. The van der Waals surface area contributed by atoms with E-state index in [1.54, 1.807) is 0 Å². The molecule has 1 fully saturated rings. The monoisotopic (exact) mass is 1070 g/mol. The highest BCUT2D eigenvalue weighted by atomic mass is 16.7. The number of nitrogens with one attached hydrogen (secondary N) is 1. The summed E-state index contributed by atoms with van der Waals surface area (Å²) in [4.78, 5) is 13.1. The molecular formula is C67H123NO8. The van der Waals surface area contributed by atoms with Crippen LogP contribution in [0, 0.1) is 0 Å². The van der Waals surface area contributed by atoms with Gasteiger partial charge in [-0.05, 0) is 57.8 Å². The van der Waals surface area contributed by atoms with E-state index in [2.05, 4.69) is 79.9 Å². The first-order valence-electron chi connectivity index (χ1n) is 32.5. The molecule has 0 aromatic carbocycles. The fourth-order valence-electron chi connectivity index (χ4n) is 10.3. The second-order valence-corrected chi connectivity index (χ2v) is 22.5. The third kappa shape index (κ3) is 44.7. The quantitative estimate of drug-likeness (QED) is 0.0261. The van der Waals surface area contributed by atoms with Crippen LogP contribution in [0.2, 0.25) is 0 Å². The summed E-state index contributed by atoms with van der Waals surface area (Å²) in [5, 5.41) is 54.8. The highest BCUT2D eigenvalue weighted by molar-refractivity contribution is 5.76. The molecule has 1 amide bonds. The van der Waals surface area contributed by atoms with Crippen LogP contribution in [-0.4, -0.2) is 87.5 Å². The lowest BCUT2D eigenvalue weighted by Gasteiger charge is -2.40. The average Bonchev–Trinajstić information content (AvgIpc) is 3.42. The Balaban J connectivity index is 2.12. The van der Waals surface area contributed by atoms with Gasteiger partial charge in [0.1, 0.15) is 24.4 Å². The maximum absolute atomic E-state index is 13.1. The van der Waals surface area contributed by atoms with Crippen LogP contribution < -0.4 is 5.32 Å². The molecular weight excluding hydrogens is 947 g/mol. The average molecular weight is 1070 g/mol. The summed E-state index contributed by atoms with van der Waals surface area (Å²) in [6, 6.07) is -0.721. The molecule has 0 saturated carbocycles. The Morgan fingerprint density at radius 3 is 1.21 bits per heavy atom. The van der Waals surface area contributed by atoms with Crippen LogP contribution in [0.5, 0.6) is 0 Å². The van der Waals surface area contributed by atoms with E-state index in [-0.39, 0.29) is 12.5 Å². The Hall–Kier alpha value is -2.11. The maximum Gasteiger partial charge on any atom is 0.220 e. The number of hydrogen-bond acceptors (Lipinski definition) is 8. The van der Waals surface area contributed by atoms with Gasteiger partial charge in [0.2, 0.25) is 5.91 Å². The van der Waals surface area contributed by atoms with Gasteiger partial charge in [-0.3, -0.25) is 4.79 Å². The van der Waals surface area contributed by atoms with E-state index < -0.39 is 49.5 Å². The largest absolute Gasteiger partial charge is 0.394 e. The predicted molar refractivity (Wildman–Crippen MR) is 322 cm³/mol. The molecule has 0 radical (unpaired) electrons. The number of amides is 1. The van der Waals surface area contributed by atoms with Gasteiger partial charge in [-0.25, -0.2) is 0 Å². The van der Waals surface area contributed by atoms with Crippen molar-refractivity contribution in [3.8, 4) is 0 Å². The third-order valence-electron chi connectivity index (χ3n) is 15.4. The molecule has 9 heteroatoms. The zero-order chi connectivity index (χ0) is 55.0. The number of allylic oxidation sites excluding steroid dienone is 10. The SMILES string of the molecule is CC/C=C\C/C=C\C/C=C\C/C=C\C/C=C\CCCCCCCCCCCCCCCCCCCC(=O)NC(COC1OC(CO)C(O)C(O)C1O)C(O)CCCCCCCCCCCCCCCCCCCCCC. The third-order valence-corrected chi connectivity index (χ3v) is 15.4. The van der Waals surface area contributed by atoms with Crippen molar-refractivity contribution in [3.05, 3.63) is 60.8 Å². The number of hydrogen-bond donors (Lipinski definition) is 6. The lowest BCUT2D eigenvalue weighted by molar-refractivity contribution is -0.302. The topological polar surface area (TPSA) is 149 Å². The minimum Gasteiger partial charge on any atom is -0.394 e. The lowest BCUT2D eigenvalue weighted by Crippen LogP contribution is -2.60. The van der Waals surface area contributed by atoms with Crippen molar-refractivity contribution in [2.24, 2.45) is 0 Å². The highest BCUT2D eigenvalue weighted by Gasteiger charge is 2.44. The molecule has 0 bridgehead atoms. The zero-order valence-corrected chi connectivity index (χ0v) is 49.5. The molecule has 1 saturated heterocycles. The van der Waals surface area contributed by atoms with E-state index in [1.165, 1.54) is 205 Å². The van der Waals surface area contributed by atoms with Gasteiger partial charge in [-0.2, -0.15) is 0 Å². The van der Waals surface area contributed by atoms with E-state index >= 15 is 0 Å². The van der Waals surface area contributed by atoms with Gasteiger partial charge in [0.25, 0.3) is 0 Å². The Morgan fingerprint density at radius 1 is 0.461 bits per heavy atom. The van der Waals surface area contributed by atoms with Gasteiger partial charge < -0.3 is 40.3 Å². The summed E-state index contributed by atoms with van der Waals surface area (Å²) >= 11 is 0. The number of aliphatic hydroxyl groups excluding tert-OH is 5. The van der Waals surface area contributed by atoms with Gasteiger partial charge >= 0.3 is 0 Å². The maximum atomic E-state index is 13.1. The number of carbonyl (C=O) groups excluding carboxylic acids is 1. The first kappa shape index (κ1) is 71.9. The summed E-state index contributed by atoms with van der Waals surface area (Å²) in [5.41, 5.74) is 0. The second-order valence-electron chi connectivity index (χ2n) is 22.5. The molecule has 0 spiro atoms. The van der Waals surface area contributed by atoms with Crippen molar-refractivity contribution < 1.29 is 39.8 Å². The van der Waals surface area contributed by atoms with Crippen LogP contribution in [0.1, 0.15) is 303 Å². The van der Waals surface area contributed by atoms with E-state index in [0.29, 0.717) is 12.8 Å². The number of aliphatic hydroxyl groups is 5. The fourth-order valence-corrected chi connectivity index (χ4v) is 10.3. The molecule has 444 valence electrons. The van der Waals surface area contributed by atoms with Crippen molar-refractivity contribution in [2.75, 3.05) is 13.2 Å². The van der Waals surface area contributed by atoms with Crippen molar-refractivity contribution in [3.63, 3.8) is 0 Å². The van der Waals surface area contributed by atoms with Crippen molar-refractivity contribution >= 4 is 5.91 Å². The normalized spacial score (nSPS) is 19.2. The lowest BCUT2D eigenvalue weighted by atomic mass is 9.99. The Bertz CT molecular complexity index is 1380. The van der Waals surface area contributed by atoms with Gasteiger partial charge in [-0.15, -0.1) is 0 Å². The van der Waals surface area contributed by atoms with Crippen LogP contribution in [0.3, 0.4) is 0 Å². The molecule has 1 aliphatic rings. The van der Waals surface area contributed by atoms with Gasteiger partial charge in [0.15, 0.2) is 6.29 Å². The summed E-state index contributed by atoms with van der Waals surface area (Å²) < 4.78 is 11.3. The van der Waals surface area contributed by atoms with E-state index in [0.717, 1.165) is 70.6 Å². The Morgan fingerprint density at radius 2 is 0.816 bits per heavy atom. The minimum atomic E-state index is -1.55. The fraction of sp³-hybridized carbons (Fsp3) is 0.836. The van der Waals surface area contributed by atoms with Crippen LogP contribution in [-0.2, 0) is 14.3 Å². The Kier molecular flexibility index (Phi) is 53.1. The molecule has 0 aromatic heterocycles. The summed E-state index contributed by atoms with van der Waals surface area (Å²) in [5.74, 6) is -0.141. The molecule has 0 aromatic rings. The first-order chi connectivity index (χ1) is 37.3. The van der Waals surface area contributed by atoms with E-state index in [4.69, 9.17) is 9.47 Å². The van der Waals surface area contributed by atoms with Crippen LogP contribution in [0.15, 0.2) is 60.8 Å². The van der Waals surface area contributed by atoms with Crippen LogP contribution in [0.4, 0.5) is 0 Å². The zero-order valence-electron chi connectivity index (χ0n) is 49.5. The molecule has 1 rings (SSSR count). The minimum absolute atomic E-state index is 0.136. The number of carbonyl (C=O) groups is 1. The molecule has 76 heavy (non-hydrogen) atoms. The smallest absolute Gasteiger partial charge is 0.220 e. The predicted octanol–water partition coefficient (Wildman–Crippen LogP) is 17.0. The first-order valence-corrected chi connectivity index (χ1v) is 32.5. The molecule has 7 unspecified atom stereocenters. The van der Waals surface area contributed by atoms with E-state index in [1.807, 2.05) is 0 Å². The molecule has 6 N–H and O–H groups in total. The standard InChI is InChI=1S/C67H123NO8/c1-3-5-7-9-11-13-15-17-19-21-23-25-26-27-28-29-30-31-32-33-34-35-36-37-39-41-43-45-47-49-51-53-55-57-63(71)68-60(59-75-67-66(74)65(73)64(72)62(58-69)76-67)61(70)56-54-52-50-48-46-44-42-40-38-24-22-20-18-16-14-12-10-8-6-4-2/h5,7,11,13,17,19,23,25,27-28,60-62,64-67,69-70,72-74H,3-4,6,8-10,12,14-16,18,20-22,24,26,29-59H2,1-2H3,(H,68,71)/b7-5-,13-11-,19-17-,25-23-,28-27-. The highest BCUT2D eigenvalue weighted by Crippen LogP contribution is 2.23. The summed E-state index contributed by atoms with van der Waals surface area (Å²) in [6.07, 6.45) is 69.8. The molecule has 7 atom stereocenters. The molecule has 0 aliphatic carbocycles. The van der Waals surface area contributed by atoms with Gasteiger partial charge in [0, 0.05) is 6.42 Å². The second kappa shape index (κ2) is 56.2.